The van der Waals surface area contributed by atoms with Crippen molar-refractivity contribution in [1.29, 1.82) is 5.26 Å². The number of nitriles is 1. The maximum atomic E-state index is 11.8. The van der Waals surface area contributed by atoms with Crippen LogP contribution in [0.15, 0.2) is 90.5 Å². The molecule has 3 aromatic heterocycles. The fourth-order valence-electron chi connectivity index (χ4n) is 6.49. The average Bonchev–Trinajstić information content (AvgIpc) is 3.56. The highest BCUT2D eigenvalue weighted by molar-refractivity contribution is 6.11. The maximum absolute atomic E-state index is 11.8. The zero-order chi connectivity index (χ0) is 33.5. The van der Waals surface area contributed by atoms with Crippen LogP contribution in [0, 0.1) is 11.3 Å². The van der Waals surface area contributed by atoms with Crippen molar-refractivity contribution in [2.24, 2.45) is 0 Å². The first kappa shape index (κ1) is 32.7. The number of carbonyl (C=O) groups is 1. The number of aliphatic carboxylic acids is 1. The van der Waals surface area contributed by atoms with Gasteiger partial charge in [0.1, 0.15) is 23.1 Å². The Labute approximate surface area is 282 Å². The lowest BCUT2D eigenvalue weighted by Crippen LogP contribution is -2.00. The van der Waals surface area contributed by atoms with Gasteiger partial charge < -0.3 is 19.0 Å². The molecule has 6 rings (SSSR count). The molecular weight excluding hydrogens is 596 g/mol. The van der Waals surface area contributed by atoms with Crippen LogP contribution < -0.4 is 9.47 Å². The summed E-state index contributed by atoms with van der Waals surface area (Å²) >= 11 is 0. The summed E-state index contributed by atoms with van der Waals surface area (Å²) in [6.45, 7) is 5.83. The summed E-state index contributed by atoms with van der Waals surface area (Å²) in [4.78, 5) is 11.8. The number of carboxylic acid groups (broad SMARTS) is 1. The summed E-state index contributed by atoms with van der Waals surface area (Å²) in [6, 6.07) is 30.9. The number of carboxylic acids is 1. The summed E-state index contributed by atoms with van der Waals surface area (Å²) < 4.78 is 14.3. The van der Waals surface area contributed by atoms with Crippen LogP contribution in [0.25, 0.3) is 55.7 Å². The molecule has 0 aliphatic carbocycles. The first-order valence-electron chi connectivity index (χ1n) is 17.2. The monoisotopic (exact) mass is 638 g/mol. The number of hydrogen-bond donors (Lipinski definition) is 1. The largest absolute Gasteiger partial charge is 0.494 e. The number of ether oxygens (including phenoxy) is 2. The molecule has 48 heavy (non-hydrogen) atoms. The smallest absolute Gasteiger partial charge is 0.346 e. The van der Waals surface area contributed by atoms with Gasteiger partial charge in [0.2, 0.25) is 0 Å². The molecule has 0 atom stereocenters. The second-order valence-corrected chi connectivity index (χ2v) is 12.4. The quantitative estimate of drug-likeness (QED) is 0.0648. The first-order chi connectivity index (χ1) is 23.5. The summed E-state index contributed by atoms with van der Waals surface area (Å²) in [5, 5.41) is 21.1. The van der Waals surface area contributed by atoms with Gasteiger partial charge in [-0.3, -0.25) is 0 Å². The molecule has 0 spiro atoms. The molecular formula is C42H42N2O4. The third kappa shape index (κ3) is 6.87. The van der Waals surface area contributed by atoms with Crippen molar-refractivity contribution in [1.82, 2.24) is 4.40 Å². The molecule has 0 fully saturated rings. The zero-order valence-corrected chi connectivity index (χ0v) is 27.8. The van der Waals surface area contributed by atoms with Crippen LogP contribution in [0.2, 0.25) is 0 Å². The van der Waals surface area contributed by atoms with Crippen molar-refractivity contribution in [3.63, 3.8) is 0 Å². The lowest BCUT2D eigenvalue weighted by molar-refractivity contribution is -0.132. The highest BCUT2D eigenvalue weighted by Gasteiger charge is 2.19. The number of nitrogens with zero attached hydrogens (tertiary/aromatic N) is 2. The van der Waals surface area contributed by atoms with Gasteiger partial charge in [0.05, 0.1) is 29.8 Å². The van der Waals surface area contributed by atoms with E-state index in [9.17, 15) is 15.2 Å². The lowest BCUT2D eigenvalue weighted by Gasteiger charge is -2.18. The van der Waals surface area contributed by atoms with Crippen LogP contribution in [0.4, 0.5) is 0 Å². The van der Waals surface area contributed by atoms with E-state index >= 15 is 0 Å². The molecule has 0 aliphatic rings. The Morgan fingerprint density at radius 1 is 0.729 bits per heavy atom. The third-order valence-corrected chi connectivity index (χ3v) is 9.04. The Morgan fingerprint density at radius 3 is 1.77 bits per heavy atom. The number of aromatic nitrogens is 1. The number of hydrogen-bond acceptors (Lipinski definition) is 4. The van der Waals surface area contributed by atoms with E-state index in [4.69, 9.17) is 9.47 Å². The van der Waals surface area contributed by atoms with Crippen molar-refractivity contribution in [3.8, 4) is 39.8 Å². The van der Waals surface area contributed by atoms with E-state index in [0.29, 0.717) is 12.2 Å². The van der Waals surface area contributed by atoms with Crippen LogP contribution in [-0.4, -0.2) is 28.7 Å². The SMILES string of the molecule is CCCCCCOc1ccc(-c2cc3ccc(/C=C(\C#N)C(=O)O)c4cc(-c5ccc(OCCCCCC)cc5)c5ccc2n5c34)cc1. The second-order valence-electron chi connectivity index (χ2n) is 12.4. The predicted molar refractivity (Wildman–Crippen MR) is 195 cm³/mol. The number of pyridine rings is 2. The Morgan fingerprint density at radius 2 is 1.27 bits per heavy atom. The zero-order valence-electron chi connectivity index (χ0n) is 27.8. The fourth-order valence-corrected chi connectivity index (χ4v) is 6.49. The van der Waals surface area contributed by atoms with Crippen molar-refractivity contribution in [3.05, 3.63) is 96.1 Å². The molecule has 0 saturated carbocycles. The maximum Gasteiger partial charge on any atom is 0.346 e. The van der Waals surface area contributed by atoms with Gasteiger partial charge in [0.25, 0.3) is 0 Å². The minimum atomic E-state index is -1.24. The minimum absolute atomic E-state index is 0.306. The molecule has 6 aromatic rings. The van der Waals surface area contributed by atoms with Gasteiger partial charge in [-0.15, -0.1) is 0 Å². The third-order valence-electron chi connectivity index (χ3n) is 9.04. The summed E-state index contributed by atoms with van der Waals surface area (Å²) in [5.41, 5.74) is 7.66. The molecule has 0 radical (unpaired) electrons. The molecule has 6 heteroatoms. The second kappa shape index (κ2) is 15.1. The molecule has 1 N–H and O–H groups in total. The van der Waals surface area contributed by atoms with E-state index in [2.05, 4.69) is 66.8 Å². The van der Waals surface area contributed by atoms with Gasteiger partial charge >= 0.3 is 5.97 Å². The number of rotatable bonds is 16. The average molecular weight is 639 g/mol. The molecule has 0 aliphatic heterocycles. The molecule has 3 aromatic carbocycles. The highest BCUT2D eigenvalue weighted by atomic mass is 16.5. The van der Waals surface area contributed by atoms with Crippen molar-refractivity contribution >= 4 is 39.4 Å². The molecule has 0 unspecified atom stereocenters. The summed E-state index contributed by atoms with van der Waals surface area (Å²) in [7, 11) is 0. The Kier molecular flexibility index (Phi) is 10.3. The summed E-state index contributed by atoms with van der Waals surface area (Å²) in [6.07, 6.45) is 10.8. The highest BCUT2D eigenvalue weighted by Crippen LogP contribution is 2.41. The van der Waals surface area contributed by atoms with E-state index in [1.165, 1.54) is 44.6 Å². The van der Waals surface area contributed by atoms with Crippen LogP contribution in [0.1, 0.15) is 70.8 Å². The normalized spacial score (nSPS) is 11.8. The van der Waals surface area contributed by atoms with Crippen LogP contribution in [0.3, 0.4) is 0 Å². The van der Waals surface area contributed by atoms with Gasteiger partial charge in [0, 0.05) is 16.5 Å². The van der Waals surface area contributed by atoms with Gasteiger partial charge in [-0.25, -0.2) is 4.79 Å². The lowest BCUT2D eigenvalue weighted by atomic mass is 9.95. The fraction of sp³-hybridized carbons (Fsp3) is 0.286. The van der Waals surface area contributed by atoms with Crippen LogP contribution in [0.5, 0.6) is 11.5 Å². The van der Waals surface area contributed by atoms with E-state index in [1.54, 1.807) is 0 Å². The van der Waals surface area contributed by atoms with E-state index < -0.39 is 5.97 Å². The Bertz CT molecular complexity index is 2070. The number of unbranched alkanes of at least 4 members (excludes halogenated alkanes) is 6. The van der Waals surface area contributed by atoms with Crippen molar-refractivity contribution in [2.75, 3.05) is 13.2 Å². The molecule has 0 bridgehead atoms. The van der Waals surface area contributed by atoms with Crippen molar-refractivity contribution in [2.45, 2.75) is 65.2 Å². The van der Waals surface area contributed by atoms with Gasteiger partial charge in [-0.2, -0.15) is 5.26 Å². The van der Waals surface area contributed by atoms with E-state index in [-0.39, 0.29) is 5.57 Å². The van der Waals surface area contributed by atoms with E-state index in [1.807, 2.05) is 42.5 Å². The predicted octanol–water partition coefficient (Wildman–Crippen LogP) is 10.9. The first-order valence-corrected chi connectivity index (χ1v) is 17.2. The molecule has 0 amide bonds. The summed E-state index contributed by atoms with van der Waals surface area (Å²) in [5.74, 6) is 0.466. The van der Waals surface area contributed by atoms with Crippen LogP contribution >= 0.6 is 0 Å². The molecule has 0 saturated heterocycles. The van der Waals surface area contributed by atoms with E-state index in [0.717, 1.165) is 80.5 Å². The Hall–Kier alpha value is -5.28. The Balaban J connectivity index is 1.43. The number of benzene rings is 3. The standard InChI is InChI=1S/C42H42N2O4/c1-3-5-7-9-23-47-34-17-13-29(14-18-34)36-26-32-12-11-31(25-33(28-43)42(45)46)38-27-37(40-22-21-39(36)44(40)41(32)38)30-15-19-35(20-16-30)48-24-10-8-6-4-2/h11-22,25-27H,3-10,23-24H2,1-2H3,(H,45,46)/b33-25+. The van der Waals surface area contributed by atoms with Gasteiger partial charge in [-0.05, 0) is 89.5 Å². The topological polar surface area (TPSA) is 84.0 Å². The van der Waals surface area contributed by atoms with Crippen LogP contribution in [-0.2, 0) is 4.79 Å². The minimum Gasteiger partial charge on any atom is -0.494 e. The van der Waals surface area contributed by atoms with Gasteiger partial charge in [-0.1, -0.05) is 88.8 Å². The molecule has 6 nitrogen and oxygen atoms in total. The van der Waals surface area contributed by atoms with Crippen molar-refractivity contribution < 1.29 is 19.4 Å². The van der Waals surface area contributed by atoms with Gasteiger partial charge in [0.15, 0.2) is 0 Å². The molecule has 244 valence electrons. The molecule has 3 heterocycles.